The van der Waals surface area contributed by atoms with Crippen LogP contribution in [0.5, 0.6) is 5.75 Å². The van der Waals surface area contributed by atoms with E-state index in [2.05, 4.69) is 4.98 Å². The molecule has 0 aliphatic heterocycles. The highest BCUT2D eigenvalue weighted by atomic mass is 16.3. The van der Waals surface area contributed by atoms with Crippen molar-refractivity contribution in [1.82, 2.24) is 4.98 Å². The summed E-state index contributed by atoms with van der Waals surface area (Å²) in [5.74, 6) is -1.40. The Balaban J connectivity index is 2.04. The lowest BCUT2D eigenvalue weighted by atomic mass is 9.86. The average molecular weight is 305 g/mol. The molecule has 0 atom stereocenters. The van der Waals surface area contributed by atoms with Crippen molar-refractivity contribution in [3.8, 4) is 5.75 Å². The molecule has 0 amide bonds. The van der Waals surface area contributed by atoms with Gasteiger partial charge in [-0.25, -0.2) is 0 Å². The molecule has 0 unspecified atom stereocenters. The molecule has 2 aromatic carbocycles. The number of ketones is 2. The van der Waals surface area contributed by atoms with Crippen LogP contribution in [-0.4, -0.2) is 26.8 Å². The number of phenols is 1. The Morgan fingerprint density at radius 2 is 1.52 bits per heavy atom. The van der Waals surface area contributed by atoms with E-state index in [4.69, 9.17) is 0 Å². The van der Waals surface area contributed by atoms with Gasteiger partial charge in [0.05, 0.1) is 0 Å². The number of benzene rings is 2. The first-order valence-electron chi connectivity index (χ1n) is 7.03. The summed E-state index contributed by atoms with van der Waals surface area (Å²) in [6.07, 6.45) is 1.49. The molecular formula is C18H11NO4. The minimum Gasteiger partial charge on any atom is -0.506 e. The minimum atomic E-state index is -2.29. The monoisotopic (exact) mass is 305 g/mol. The van der Waals surface area contributed by atoms with Gasteiger partial charge in [-0.1, -0.05) is 36.4 Å². The molecule has 0 fully saturated rings. The maximum Gasteiger partial charge on any atom is 0.217 e. The molecule has 23 heavy (non-hydrogen) atoms. The molecule has 1 aliphatic rings. The summed E-state index contributed by atoms with van der Waals surface area (Å²) < 4.78 is 0. The number of hydrogen-bond donors (Lipinski definition) is 2. The Hall–Kier alpha value is -3.05. The van der Waals surface area contributed by atoms with Crippen molar-refractivity contribution in [3.63, 3.8) is 0 Å². The van der Waals surface area contributed by atoms with Gasteiger partial charge in [-0.05, 0) is 12.1 Å². The molecule has 0 bridgehead atoms. The fourth-order valence-corrected chi connectivity index (χ4v) is 3.09. The summed E-state index contributed by atoms with van der Waals surface area (Å²) in [6, 6.07) is 12.3. The number of carbonyl (C=O) groups is 2. The lowest BCUT2D eigenvalue weighted by Crippen LogP contribution is -2.38. The maximum atomic E-state index is 12.7. The van der Waals surface area contributed by atoms with Crippen LogP contribution in [0.3, 0.4) is 0 Å². The molecule has 0 spiro atoms. The quantitative estimate of drug-likeness (QED) is 0.673. The van der Waals surface area contributed by atoms with Crippen LogP contribution in [0.2, 0.25) is 0 Å². The molecule has 1 aromatic heterocycles. The van der Waals surface area contributed by atoms with Crippen molar-refractivity contribution in [2.45, 2.75) is 5.60 Å². The molecule has 0 radical (unpaired) electrons. The van der Waals surface area contributed by atoms with E-state index in [0.29, 0.717) is 5.39 Å². The molecule has 4 rings (SSSR count). The minimum absolute atomic E-state index is 0.0802. The number of aromatic hydroxyl groups is 1. The molecule has 0 saturated heterocycles. The molecule has 5 heteroatoms. The van der Waals surface area contributed by atoms with E-state index < -0.39 is 17.2 Å². The second kappa shape index (κ2) is 4.47. The Morgan fingerprint density at radius 1 is 0.870 bits per heavy atom. The predicted molar refractivity (Wildman–Crippen MR) is 82.4 cm³/mol. The normalized spacial score (nSPS) is 15.9. The van der Waals surface area contributed by atoms with Crippen molar-refractivity contribution >= 4 is 22.5 Å². The molecule has 1 aliphatic carbocycles. The summed E-state index contributed by atoms with van der Waals surface area (Å²) >= 11 is 0. The first-order chi connectivity index (χ1) is 11.0. The zero-order chi connectivity index (χ0) is 16.2. The fourth-order valence-electron chi connectivity index (χ4n) is 3.09. The topological polar surface area (TPSA) is 87.5 Å². The number of hydrogen-bond acceptors (Lipinski definition) is 5. The van der Waals surface area contributed by atoms with Gasteiger partial charge in [0.1, 0.15) is 11.3 Å². The Bertz CT molecular complexity index is 958. The van der Waals surface area contributed by atoms with Crippen LogP contribution in [0.15, 0.2) is 54.7 Å². The number of nitrogens with zero attached hydrogens (tertiary/aromatic N) is 1. The zero-order valence-corrected chi connectivity index (χ0v) is 11.9. The van der Waals surface area contributed by atoms with Crippen LogP contribution in [0.1, 0.15) is 26.3 Å². The van der Waals surface area contributed by atoms with E-state index in [0.717, 1.165) is 0 Å². The number of aliphatic hydroxyl groups is 1. The highest BCUT2D eigenvalue weighted by Gasteiger charge is 2.53. The zero-order valence-electron chi connectivity index (χ0n) is 11.9. The fraction of sp³-hybridized carbons (Fsp3) is 0.0556. The van der Waals surface area contributed by atoms with Crippen molar-refractivity contribution in [2.75, 3.05) is 0 Å². The second-order valence-electron chi connectivity index (χ2n) is 5.45. The van der Waals surface area contributed by atoms with Gasteiger partial charge >= 0.3 is 0 Å². The lowest BCUT2D eigenvalue weighted by Gasteiger charge is -2.21. The van der Waals surface area contributed by atoms with Crippen LogP contribution in [0.4, 0.5) is 0 Å². The van der Waals surface area contributed by atoms with E-state index >= 15 is 0 Å². The Morgan fingerprint density at radius 3 is 2.17 bits per heavy atom. The van der Waals surface area contributed by atoms with E-state index in [9.17, 15) is 19.8 Å². The van der Waals surface area contributed by atoms with Crippen LogP contribution < -0.4 is 0 Å². The van der Waals surface area contributed by atoms with E-state index in [1.54, 1.807) is 24.3 Å². The Kier molecular flexibility index (Phi) is 2.64. The van der Waals surface area contributed by atoms with Gasteiger partial charge in [-0.2, -0.15) is 0 Å². The van der Waals surface area contributed by atoms with Crippen molar-refractivity contribution in [1.29, 1.82) is 0 Å². The summed E-state index contributed by atoms with van der Waals surface area (Å²) in [5.41, 5.74) is -1.53. The SMILES string of the molecule is O=C1c2ccccc2C(=O)C1(O)c1ccc(O)c2ncccc12. The third-order valence-electron chi connectivity index (χ3n) is 4.21. The predicted octanol–water partition coefficient (Wildman–Crippen LogP) is 2.21. The molecule has 0 saturated carbocycles. The van der Waals surface area contributed by atoms with Gasteiger partial charge in [0, 0.05) is 28.3 Å². The molecule has 5 nitrogen and oxygen atoms in total. The number of aromatic nitrogens is 1. The second-order valence-corrected chi connectivity index (χ2v) is 5.45. The van der Waals surface area contributed by atoms with Crippen molar-refractivity contribution < 1.29 is 19.8 Å². The van der Waals surface area contributed by atoms with Gasteiger partial charge in [0.25, 0.3) is 0 Å². The number of fused-ring (bicyclic) bond motifs is 2. The van der Waals surface area contributed by atoms with Gasteiger partial charge in [0.15, 0.2) is 0 Å². The Labute approximate surface area is 130 Å². The van der Waals surface area contributed by atoms with E-state index in [1.165, 1.54) is 30.5 Å². The van der Waals surface area contributed by atoms with Gasteiger partial charge in [0.2, 0.25) is 17.2 Å². The molecule has 112 valence electrons. The molecule has 3 aromatic rings. The van der Waals surface area contributed by atoms with Crippen LogP contribution in [-0.2, 0) is 5.60 Å². The standard InChI is InChI=1S/C18H11NO4/c20-14-8-7-13(12-6-3-9-19-15(12)14)18(23)16(21)10-4-1-2-5-11(10)17(18)22/h1-9,20,23H. The van der Waals surface area contributed by atoms with Crippen LogP contribution >= 0.6 is 0 Å². The van der Waals surface area contributed by atoms with Crippen molar-refractivity contribution in [3.05, 3.63) is 71.4 Å². The van der Waals surface area contributed by atoms with Crippen molar-refractivity contribution in [2.24, 2.45) is 0 Å². The average Bonchev–Trinajstić information content (AvgIpc) is 2.78. The highest BCUT2D eigenvalue weighted by Crippen LogP contribution is 2.41. The van der Waals surface area contributed by atoms with Gasteiger partial charge < -0.3 is 10.2 Å². The molecule has 2 N–H and O–H groups in total. The molecule has 1 heterocycles. The maximum absolute atomic E-state index is 12.7. The number of pyridine rings is 1. The van der Waals surface area contributed by atoms with Gasteiger partial charge in [-0.15, -0.1) is 0 Å². The number of Topliss-reactive ketones (excluding diaryl/α,β-unsaturated/α-hetero) is 2. The summed E-state index contributed by atoms with van der Waals surface area (Å²) in [7, 11) is 0. The highest BCUT2D eigenvalue weighted by molar-refractivity contribution is 6.32. The van der Waals surface area contributed by atoms with E-state index in [1.807, 2.05) is 0 Å². The third-order valence-corrected chi connectivity index (χ3v) is 4.21. The van der Waals surface area contributed by atoms with Crippen LogP contribution in [0.25, 0.3) is 10.9 Å². The lowest BCUT2D eigenvalue weighted by molar-refractivity contribution is 0.0326. The van der Waals surface area contributed by atoms with Gasteiger partial charge in [-0.3, -0.25) is 14.6 Å². The smallest absolute Gasteiger partial charge is 0.217 e. The molecular weight excluding hydrogens is 294 g/mol. The third kappa shape index (κ3) is 1.62. The summed E-state index contributed by atoms with van der Waals surface area (Å²) in [5, 5.41) is 21.3. The first kappa shape index (κ1) is 13.6. The van der Waals surface area contributed by atoms with E-state index in [-0.39, 0.29) is 28.0 Å². The number of phenolic OH excluding ortho intramolecular Hbond substituents is 1. The van der Waals surface area contributed by atoms with Crippen LogP contribution in [0, 0.1) is 0 Å². The first-order valence-corrected chi connectivity index (χ1v) is 7.03. The summed E-state index contributed by atoms with van der Waals surface area (Å²) in [4.78, 5) is 29.5. The number of rotatable bonds is 1. The number of carbonyl (C=O) groups excluding carboxylic acids is 2. The summed E-state index contributed by atoms with van der Waals surface area (Å²) in [6.45, 7) is 0. The largest absolute Gasteiger partial charge is 0.506 e.